The zero-order valence-corrected chi connectivity index (χ0v) is 5.68. The van der Waals surface area contributed by atoms with Gasteiger partial charge in [-0.15, -0.1) is 0 Å². The molecule has 1 aliphatic carbocycles. The van der Waals surface area contributed by atoms with E-state index in [0.29, 0.717) is 0 Å². The van der Waals surface area contributed by atoms with Gasteiger partial charge < -0.3 is 0 Å². The Hall–Kier alpha value is -0.660. The summed E-state index contributed by atoms with van der Waals surface area (Å²) in [6, 6.07) is 0. The highest BCUT2D eigenvalue weighted by molar-refractivity contribution is 6.21. The largest absolute Gasteiger partial charge is 0.298 e. The van der Waals surface area contributed by atoms with Crippen LogP contribution < -0.4 is 0 Å². The molecule has 9 heavy (non-hydrogen) atoms. The fraction of sp³-hybridized carbons (Fsp3) is 0.714. The van der Waals surface area contributed by atoms with Gasteiger partial charge in [0.2, 0.25) is 0 Å². The van der Waals surface area contributed by atoms with Gasteiger partial charge in [0.25, 0.3) is 0 Å². The number of hydrogen-bond donors (Lipinski definition) is 0. The topological polar surface area (TPSA) is 34.1 Å². The van der Waals surface area contributed by atoms with Crippen LogP contribution in [0.5, 0.6) is 0 Å². The Kier molecular flexibility index (Phi) is 1.39. The van der Waals surface area contributed by atoms with Crippen molar-refractivity contribution in [3.63, 3.8) is 0 Å². The number of carbonyl (C=O) groups excluding carboxylic acids is 2. The molecule has 0 aromatic carbocycles. The molecular weight excluding hydrogens is 116 g/mol. The van der Waals surface area contributed by atoms with Crippen molar-refractivity contribution in [1.29, 1.82) is 0 Å². The van der Waals surface area contributed by atoms with Crippen LogP contribution in [0, 0.1) is 11.8 Å². The molecule has 0 N–H and O–H groups in total. The molecule has 0 radical (unpaired) electrons. The third-order valence-electron chi connectivity index (χ3n) is 1.71. The lowest BCUT2D eigenvalue weighted by Gasteiger charge is -2.25. The second-order valence-corrected chi connectivity index (χ2v) is 2.83. The van der Waals surface area contributed by atoms with E-state index in [1.54, 1.807) is 0 Å². The predicted octanol–water partition coefficient (Wildman–Crippen LogP) is 0.800. The SMILES string of the molecule is CC(C)C1C(=O)CC1=O. The molecule has 0 aromatic heterocycles. The minimum Gasteiger partial charge on any atom is -0.298 e. The summed E-state index contributed by atoms with van der Waals surface area (Å²) in [7, 11) is 0. The van der Waals surface area contributed by atoms with Gasteiger partial charge >= 0.3 is 0 Å². The third kappa shape index (κ3) is 0.889. The molecule has 0 bridgehead atoms. The zero-order chi connectivity index (χ0) is 7.02. The van der Waals surface area contributed by atoms with E-state index in [1.165, 1.54) is 0 Å². The van der Waals surface area contributed by atoms with Crippen molar-refractivity contribution in [2.45, 2.75) is 20.3 Å². The van der Waals surface area contributed by atoms with Crippen molar-refractivity contribution in [2.75, 3.05) is 0 Å². The van der Waals surface area contributed by atoms with E-state index in [0.717, 1.165) is 0 Å². The van der Waals surface area contributed by atoms with Crippen LogP contribution in [-0.4, -0.2) is 11.6 Å². The number of hydrogen-bond acceptors (Lipinski definition) is 2. The van der Waals surface area contributed by atoms with Gasteiger partial charge in [0.05, 0.1) is 12.3 Å². The van der Waals surface area contributed by atoms with Crippen molar-refractivity contribution in [3.8, 4) is 0 Å². The Morgan fingerprint density at radius 1 is 1.33 bits per heavy atom. The van der Waals surface area contributed by atoms with Gasteiger partial charge in [-0.25, -0.2) is 0 Å². The first-order chi connectivity index (χ1) is 4.13. The Morgan fingerprint density at radius 2 is 1.78 bits per heavy atom. The molecular formula is C7H10O2. The van der Waals surface area contributed by atoms with Crippen LogP contribution in [0.25, 0.3) is 0 Å². The summed E-state index contributed by atoms with van der Waals surface area (Å²) in [6.07, 6.45) is 0.183. The molecule has 0 spiro atoms. The molecule has 1 fully saturated rings. The summed E-state index contributed by atoms with van der Waals surface area (Å²) in [4.78, 5) is 21.3. The highest BCUT2D eigenvalue weighted by Crippen LogP contribution is 2.25. The maximum Gasteiger partial charge on any atom is 0.150 e. The first kappa shape index (κ1) is 6.46. The fourth-order valence-corrected chi connectivity index (χ4v) is 1.18. The van der Waals surface area contributed by atoms with E-state index in [9.17, 15) is 9.59 Å². The summed E-state index contributed by atoms with van der Waals surface area (Å²) in [5.74, 6) is 0.189. The summed E-state index contributed by atoms with van der Waals surface area (Å²) in [6.45, 7) is 3.80. The number of rotatable bonds is 1. The Morgan fingerprint density at radius 3 is 1.89 bits per heavy atom. The number of Topliss-reactive ketones (excluding diaryl/α,β-unsaturated/α-hetero) is 2. The average molecular weight is 126 g/mol. The van der Waals surface area contributed by atoms with Crippen molar-refractivity contribution in [1.82, 2.24) is 0 Å². The second kappa shape index (κ2) is 1.94. The molecule has 0 aromatic rings. The van der Waals surface area contributed by atoms with Gasteiger partial charge in [-0.2, -0.15) is 0 Å². The Balaban J connectivity index is 2.59. The smallest absolute Gasteiger partial charge is 0.150 e. The van der Waals surface area contributed by atoms with Crippen LogP contribution in [0.1, 0.15) is 20.3 Å². The van der Waals surface area contributed by atoms with Crippen molar-refractivity contribution in [2.24, 2.45) is 11.8 Å². The number of carbonyl (C=O) groups is 2. The molecule has 1 aliphatic rings. The standard InChI is InChI=1S/C7H10O2/c1-4(2)7-5(8)3-6(7)9/h4,7H,3H2,1-2H3. The number of ketones is 2. The van der Waals surface area contributed by atoms with E-state index in [4.69, 9.17) is 0 Å². The molecule has 0 atom stereocenters. The lowest BCUT2D eigenvalue weighted by molar-refractivity contribution is -0.145. The van der Waals surface area contributed by atoms with E-state index >= 15 is 0 Å². The molecule has 1 rings (SSSR count). The Bertz CT molecular complexity index is 144. The molecule has 0 unspecified atom stereocenters. The van der Waals surface area contributed by atoms with Gasteiger partial charge in [0.1, 0.15) is 0 Å². The summed E-state index contributed by atoms with van der Waals surface area (Å²) >= 11 is 0. The maximum atomic E-state index is 10.7. The lowest BCUT2D eigenvalue weighted by Crippen LogP contribution is -2.40. The zero-order valence-electron chi connectivity index (χ0n) is 5.68. The van der Waals surface area contributed by atoms with Gasteiger partial charge in [-0.1, -0.05) is 13.8 Å². The van der Waals surface area contributed by atoms with Crippen LogP contribution >= 0.6 is 0 Å². The highest BCUT2D eigenvalue weighted by atomic mass is 16.2. The monoisotopic (exact) mass is 126 g/mol. The average Bonchev–Trinajstić information content (AvgIpc) is 1.62. The van der Waals surface area contributed by atoms with E-state index in [2.05, 4.69) is 0 Å². The normalized spacial score (nSPS) is 20.8. The molecule has 2 heteroatoms. The third-order valence-corrected chi connectivity index (χ3v) is 1.71. The lowest BCUT2D eigenvalue weighted by atomic mass is 9.75. The molecule has 0 saturated heterocycles. The van der Waals surface area contributed by atoms with Gasteiger partial charge in [0, 0.05) is 0 Å². The highest BCUT2D eigenvalue weighted by Gasteiger charge is 2.39. The Labute approximate surface area is 54.2 Å². The minimum absolute atomic E-state index is 0.120. The van der Waals surface area contributed by atoms with Crippen molar-refractivity contribution < 1.29 is 9.59 Å². The van der Waals surface area contributed by atoms with Gasteiger partial charge in [0.15, 0.2) is 11.6 Å². The van der Waals surface area contributed by atoms with Gasteiger partial charge in [-0.3, -0.25) is 9.59 Å². The summed E-state index contributed by atoms with van der Waals surface area (Å²) < 4.78 is 0. The van der Waals surface area contributed by atoms with Crippen LogP contribution in [-0.2, 0) is 9.59 Å². The summed E-state index contributed by atoms with van der Waals surface area (Å²) in [5.41, 5.74) is 0. The van der Waals surface area contributed by atoms with E-state index < -0.39 is 0 Å². The first-order valence-corrected chi connectivity index (χ1v) is 3.18. The first-order valence-electron chi connectivity index (χ1n) is 3.18. The van der Waals surface area contributed by atoms with Crippen LogP contribution in [0.2, 0.25) is 0 Å². The van der Waals surface area contributed by atoms with Crippen molar-refractivity contribution >= 4 is 11.6 Å². The van der Waals surface area contributed by atoms with Crippen molar-refractivity contribution in [3.05, 3.63) is 0 Å². The second-order valence-electron chi connectivity index (χ2n) is 2.83. The summed E-state index contributed by atoms with van der Waals surface area (Å²) in [5, 5.41) is 0. The minimum atomic E-state index is -0.259. The molecule has 0 heterocycles. The molecule has 0 aliphatic heterocycles. The quantitative estimate of drug-likeness (QED) is 0.487. The van der Waals surface area contributed by atoms with Crippen LogP contribution in [0.15, 0.2) is 0 Å². The molecule has 1 saturated carbocycles. The van der Waals surface area contributed by atoms with Gasteiger partial charge in [-0.05, 0) is 5.92 Å². The predicted molar refractivity (Wildman–Crippen MR) is 33.0 cm³/mol. The van der Waals surface area contributed by atoms with Crippen LogP contribution in [0.4, 0.5) is 0 Å². The molecule has 0 amide bonds. The maximum absolute atomic E-state index is 10.7. The fourth-order valence-electron chi connectivity index (χ4n) is 1.18. The van der Waals surface area contributed by atoms with Crippen LogP contribution in [0.3, 0.4) is 0 Å². The molecule has 50 valence electrons. The van der Waals surface area contributed by atoms with E-state index in [1.807, 2.05) is 13.8 Å². The molecule has 2 nitrogen and oxygen atoms in total. The van der Waals surface area contributed by atoms with E-state index in [-0.39, 0.29) is 29.8 Å².